The zero-order chi connectivity index (χ0) is 16.7. The summed E-state index contributed by atoms with van der Waals surface area (Å²) in [6.07, 6.45) is 8.25. The molecule has 0 fully saturated rings. The highest BCUT2D eigenvalue weighted by molar-refractivity contribution is 7.99. The van der Waals surface area contributed by atoms with Crippen molar-refractivity contribution < 1.29 is 0 Å². The summed E-state index contributed by atoms with van der Waals surface area (Å²) in [5, 5.41) is 2.35. The van der Waals surface area contributed by atoms with Crippen LogP contribution < -0.4 is 0 Å². The van der Waals surface area contributed by atoms with Crippen molar-refractivity contribution in [3.63, 3.8) is 0 Å². The van der Waals surface area contributed by atoms with E-state index in [4.69, 9.17) is 4.98 Å². The second kappa shape index (κ2) is 6.45. The van der Waals surface area contributed by atoms with Crippen LogP contribution in [-0.2, 0) is 19.3 Å². The topological polar surface area (TPSA) is 38.7 Å². The van der Waals surface area contributed by atoms with Gasteiger partial charge in [0, 0.05) is 16.8 Å². The number of rotatable bonds is 5. The van der Waals surface area contributed by atoms with Gasteiger partial charge in [-0.25, -0.2) is 15.0 Å². The van der Waals surface area contributed by atoms with E-state index in [1.165, 1.54) is 39.7 Å². The molecule has 0 spiro atoms. The quantitative estimate of drug-likeness (QED) is 0.358. The number of hydrogen-bond acceptors (Lipinski definition) is 5. The van der Waals surface area contributed by atoms with Crippen LogP contribution >= 0.6 is 23.1 Å². The van der Waals surface area contributed by atoms with E-state index < -0.39 is 0 Å². The molecule has 3 nitrogen and oxygen atoms in total. The molecule has 3 heterocycles. The van der Waals surface area contributed by atoms with Gasteiger partial charge < -0.3 is 0 Å². The van der Waals surface area contributed by atoms with E-state index >= 15 is 0 Å². The molecule has 24 heavy (non-hydrogen) atoms. The Kier molecular flexibility index (Phi) is 4.31. The second-order valence-electron chi connectivity index (χ2n) is 6.71. The first kappa shape index (κ1) is 16.0. The van der Waals surface area contributed by atoms with Crippen molar-refractivity contribution in [2.45, 2.75) is 44.6 Å². The van der Waals surface area contributed by atoms with Gasteiger partial charge in [0.05, 0.1) is 10.2 Å². The summed E-state index contributed by atoms with van der Waals surface area (Å²) >= 11 is 3.48. The molecule has 3 aromatic heterocycles. The molecular weight excluding hydrogens is 334 g/mol. The van der Waals surface area contributed by atoms with E-state index in [0.29, 0.717) is 5.92 Å². The number of nitrogens with zero attached hydrogens (tertiary/aromatic N) is 3. The maximum atomic E-state index is 5.07. The van der Waals surface area contributed by atoms with Crippen molar-refractivity contribution in [3.05, 3.63) is 35.8 Å². The van der Waals surface area contributed by atoms with Gasteiger partial charge in [-0.2, -0.15) is 0 Å². The molecule has 0 radical (unpaired) electrons. The summed E-state index contributed by atoms with van der Waals surface area (Å²) in [6, 6.07) is 0. The molecule has 1 aliphatic carbocycles. The third-order valence-corrected chi connectivity index (χ3v) is 6.66. The van der Waals surface area contributed by atoms with Gasteiger partial charge in [-0.1, -0.05) is 19.9 Å². The van der Waals surface area contributed by atoms with E-state index in [-0.39, 0.29) is 0 Å². The van der Waals surface area contributed by atoms with Gasteiger partial charge in [0.2, 0.25) is 0 Å². The highest BCUT2D eigenvalue weighted by Gasteiger charge is 2.24. The van der Waals surface area contributed by atoms with Gasteiger partial charge in [-0.15, -0.1) is 29.7 Å². The molecule has 0 aromatic carbocycles. The molecule has 0 atom stereocenters. The van der Waals surface area contributed by atoms with Crippen LogP contribution in [0.15, 0.2) is 24.0 Å². The van der Waals surface area contributed by atoms with Crippen molar-refractivity contribution in [2.75, 3.05) is 5.75 Å². The summed E-state index contributed by atoms with van der Waals surface area (Å²) in [5.74, 6) is 1.50. The van der Waals surface area contributed by atoms with Crippen LogP contribution in [0.1, 0.15) is 37.1 Å². The van der Waals surface area contributed by atoms with E-state index in [2.05, 4.69) is 30.4 Å². The van der Waals surface area contributed by atoms with Crippen molar-refractivity contribution in [2.24, 2.45) is 5.92 Å². The highest BCUT2D eigenvalue weighted by atomic mass is 32.2. The molecule has 124 valence electrons. The van der Waals surface area contributed by atoms with Crippen molar-refractivity contribution >= 4 is 43.5 Å². The molecule has 0 unspecified atom stereocenters. The normalized spacial score (nSPS) is 14.0. The van der Waals surface area contributed by atoms with Crippen LogP contribution in [0.2, 0.25) is 0 Å². The van der Waals surface area contributed by atoms with Gasteiger partial charge >= 0.3 is 0 Å². The molecule has 0 amide bonds. The van der Waals surface area contributed by atoms with Crippen LogP contribution in [-0.4, -0.2) is 20.7 Å². The molecule has 5 heteroatoms. The molecule has 4 rings (SSSR count). The van der Waals surface area contributed by atoms with E-state index in [1.807, 2.05) is 6.08 Å². The fraction of sp³-hybridized carbons (Fsp3) is 0.421. The standard InChI is InChI=1S/C19H21N3S2/c1-4-8-23-19-17-16(20-10-21-19)15-13-7-5-6-12(13)14(9-11(2)3)22-18(15)24-17/h4,10-11H,1,5-9H2,2-3H3. The SMILES string of the molecule is C=CCSc1ncnc2c1sc1nc(CC(C)C)c3c(c12)CCC3. The first-order chi connectivity index (χ1) is 11.7. The number of aromatic nitrogens is 3. The largest absolute Gasteiger partial charge is 0.242 e. The zero-order valence-corrected chi connectivity index (χ0v) is 15.8. The zero-order valence-electron chi connectivity index (χ0n) is 14.1. The van der Waals surface area contributed by atoms with E-state index in [0.717, 1.165) is 34.0 Å². The molecular formula is C19H21N3S2. The summed E-state index contributed by atoms with van der Waals surface area (Å²) in [5.41, 5.74) is 5.40. The minimum Gasteiger partial charge on any atom is -0.242 e. The van der Waals surface area contributed by atoms with Gasteiger partial charge in [-0.05, 0) is 42.7 Å². The lowest BCUT2D eigenvalue weighted by Crippen LogP contribution is -2.03. The fourth-order valence-corrected chi connectivity index (χ4v) is 5.54. The maximum absolute atomic E-state index is 5.07. The van der Waals surface area contributed by atoms with Crippen molar-refractivity contribution in [1.82, 2.24) is 15.0 Å². The van der Waals surface area contributed by atoms with E-state index in [9.17, 15) is 0 Å². The van der Waals surface area contributed by atoms with Crippen LogP contribution in [0.3, 0.4) is 0 Å². The Bertz CT molecular complexity index is 927. The Morgan fingerprint density at radius 3 is 2.92 bits per heavy atom. The lowest BCUT2D eigenvalue weighted by molar-refractivity contribution is 0.632. The van der Waals surface area contributed by atoms with E-state index in [1.54, 1.807) is 29.4 Å². The molecule has 0 bridgehead atoms. The van der Waals surface area contributed by atoms with Crippen LogP contribution in [0.4, 0.5) is 0 Å². The predicted molar refractivity (Wildman–Crippen MR) is 104 cm³/mol. The van der Waals surface area contributed by atoms with Crippen LogP contribution in [0.5, 0.6) is 0 Å². The number of thioether (sulfide) groups is 1. The minimum atomic E-state index is 0.632. The molecule has 0 saturated carbocycles. The first-order valence-corrected chi connectivity index (χ1v) is 10.3. The average Bonchev–Trinajstić information content (AvgIpc) is 3.16. The number of hydrogen-bond donors (Lipinski definition) is 0. The predicted octanol–water partition coefficient (Wildman–Crippen LogP) is 5.20. The van der Waals surface area contributed by atoms with Gasteiger partial charge in [0.25, 0.3) is 0 Å². The van der Waals surface area contributed by atoms with Crippen LogP contribution in [0, 0.1) is 5.92 Å². The fourth-order valence-electron chi connectivity index (χ4n) is 3.55. The Labute approximate surface area is 150 Å². The van der Waals surface area contributed by atoms with Crippen LogP contribution in [0.25, 0.3) is 20.4 Å². The number of fused-ring (bicyclic) bond motifs is 5. The summed E-state index contributed by atoms with van der Waals surface area (Å²) in [4.78, 5) is 15.3. The summed E-state index contributed by atoms with van der Waals surface area (Å²) in [7, 11) is 0. The number of pyridine rings is 1. The molecule has 0 saturated heterocycles. The number of thiophene rings is 1. The Morgan fingerprint density at radius 2 is 2.12 bits per heavy atom. The smallest absolute Gasteiger partial charge is 0.126 e. The van der Waals surface area contributed by atoms with Gasteiger partial charge in [-0.3, -0.25) is 0 Å². The molecule has 3 aromatic rings. The third kappa shape index (κ3) is 2.64. The van der Waals surface area contributed by atoms with Crippen molar-refractivity contribution in [3.8, 4) is 0 Å². The van der Waals surface area contributed by atoms with Crippen molar-refractivity contribution in [1.29, 1.82) is 0 Å². The minimum absolute atomic E-state index is 0.632. The highest BCUT2D eigenvalue weighted by Crippen LogP contribution is 2.42. The summed E-state index contributed by atoms with van der Waals surface area (Å²) < 4.78 is 1.18. The molecule has 0 N–H and O–H groups in total. The molecule has 0 aliphatic heterocycles. The molecule has 1 aliphatic rings. The van der Waals surface area contributed by atoms with Gasteiger partial charge in [0.1, 0.15) is 16.2 Å². The number of aryl methyl sites for hydroxylation is 1. The lowest BCUT2D eigenvalue weighted by atomic mass is 9.99. The average molecular weight is 356 g/mol. The first-order valence-electron chi connectivity index (χ1n) is 8.50. The Hall–Kier alpha value is -1.46. The Morgan fingerprint density at radius 1 is 1.29 bits per heavy atom. The second-order valence-corrected chi connectivity index (χ2v) is 8.71. The maximum Gasteiger partial charge on any atom is 0.126 e. The summed E-state index contributed by atoms with van der Waals surface area (Å²) in [6.45, 7) is 8.35. The lowest BCUT2D eigenvalue weighted by Gasteiger charge is -2.11. The Balaban J connectivity index is 1.97. The monoisotopic (exact) mass is 355 g/mol. The van der Waals surface area contributed by atoms with Gasteiger partial charge in [0.15, 0.2) is 0 Å². The third-order valence-electron chi connectivity index (χ3n) is 4.46.